The van der Waals surface area contributed by atoms with Gasteiger partial charge in [-0.25, -0.2) is 0 Å². The molecule has 2 N–H and O–H groups in total. The molecule has 0 aliphatic heterocycles. The van der Waals surface area contributed by atoms with E-state index in [4.69, 9.17) is 0 Å². The number of anilines is 1. The number of likely N-dealkylation sites (N-methyl/N-ethyl adjacent to an activating group) is 1. The third-order valence-electron chi connectivity index (χ3n) is 2.80. The highest BCUT2D eigenvalue weighted by molar-refractivity contribution is 5.78. The van der Waals surface area contributed by atoms with Gasteiger partial charge in [0.05, 0.1) is 6.42 Å². The van der Waals surface area contributed by atoms with Gasteiger partial charge in [-0.15, -0.1) is 0 Å². The van der Waals surface area contributed by atoms with Crippen molar-refractivity contribution in [1.82, 2.24) is 5.32 Å². The molecule has 0 fully saturated rings. The van der Waals surface area contributed by atoms with Crippen LogP contribution in [0.25, 0.3) is 0 Å². The van der Waals surface area contributed by atoms with Crippen molar-refractivity contribution < 1.29 is 4.79 Å². The Kier molecular flexibility index (Phi) is 5.20. The number of hydrogen-bond acceptors (Lipinski definition) is 2. The summed E-state index contributed by atoms with van der Waals surface area (Å²) < 4.78 is 0. The monoisotopic (exact) mass is 248 g/mol. The number of benzene rings is 1. The number of carbonyl (C=O) groups excluding carboxylic acids is 1. The fourth-order valence-electron chi connectivity index (χ4n) is 1.60. The summed E-state index contributed by atoms with van der Waals surface area (Å²) in [6.45, 7) is 7.68. The molecule has 0 radical (unpaired) electrons. The van der Waals surface area contributed by atoms with Crippen LogP contribution >= 0.6 is 0 Å². The quantitative estimate of drug-likeness (QED) is 0.841. The lowest BCUT2D eigenvalue weighted by atomic mass is 9.92. The molecule has 18 heavy (non-hydrogen) atoms. The maximum Gasteiger partial charge on any atom is 0.224 e. The highest BCUT2D eigenvalue weighted by Gasteiger charge is 2.08. The van der Waals surface area contributed by atoms with Crippen LogP contribution in [0.5, 0.6) is 0 Å². The predicted molar refractivity (Wildman–Crippen MR) is 76.8 cm³/mol. The molecule has 0 atom stereocenters. The zero-order valence-corrected chi connectivity index (χ0v) is 11.8. The van der Waals surface area contributed by atoms with E-state index in [2.05, 4.69) is 31.4 Å². The van der Waals surface area contributed by atoms with Crippen LogP contribution in [0.2, 0.25) is 0 Å². The molecule has 1 rings (SSSR count). The van der Waals surface area contributed by atoms with E-state index >= 15 is 0 Å². The van der Waals surface area contributed by atoms with Gasteiger partial charge < -0.3 is 10.6 Å². The summed E-state index contributed by atoms with van der Waals surface area (Å²) in [5.74, 6) is 0.0449. The predicted octanol–water partition coefficient (Wildman–Crippen LogP) is 2.82. The summed E-state index contributed by atoms with van der Waals surface area (Å²) >= 11 is 0. The molecule has 0 aromatic heterocycles. The molecule has 1 aromatic rings. The van der Waals surface area contributed by atoms with Crippen molar-refractivity contribution in [3.8, 4) is 0 Å². The van der Waals surface area contributed by atoms with Crippen LogP contribution in [-0.4, -0.2) is 19.5 Å². The summed E-state index contributed by atoms with van der Waals surface area (Å²) in [5.41, 5.74) is 2.50. The Balaban J connectivity index is 2.43. The van der Waals surface area contributed by atoms with Gasteiger partial charge in [-0.05, 0) is 29.5 Å². The molecule has 0 spiro atoms. The van der Waals surface area contributed by atoms with Crippen molar-refractivity contribution in [2.75, 3.05) is 18.9 Å². The van der Waals surface area contributed by atoms with Crippen molar-refractivity contribution in [3.63, 3.8) is 0 Å². The first-order valence-corrected chi connectivity index (χ1v) is 6.44. The van der Waals surface area contributed by atoms with E-state index in [1.165, 1.54) is 0 Å². The summed E-state index contributed by atoms with van der Waals surface area (Å²) in [6.07, 6.45) is 1.58. The average molecular weight is 248 g/mol. The smallest absolute Gasteiger partial charge is 0.224 e. The fraction of sp³-hybridized carbons (Fsp3) is 0.533. The number of amides is 1. The van der Waals surface area contributed by atoms with Crippen LogP contribution in [0.4, 0.5) is 5.69 Å². The van der Waals surface area contributed by atoms with Gasteiger partial charge in [-0.1, -0.05) is 32.9 Å². The average Bonchev–Trinajstić information content (AvgIpc) is 2.29. The van der Waals surface area contributed by atoms with Crippen molar-refractivity contribution >= 4 is 11.6 Å². The molecule has 0 bridgehead atoms. The number of hydrogen-bond donors (Lipinski definition) is 2. The van der Waals surface area contributed by atoms with Crippen LogP contribution in [0.15, 0.2) is 24.3 Å². The van der Waals surface area contributed by atoms with Gasteiger partial charge in [0.2, 0.25) is 5.91 Å². The van der Waals surface area contributed by atoms with Crippen molar-refractivity contribution in [1.29, 1.82) is 0 Å². The van der Waals surface area contributed by atoms with Crippen LogP contribution in [0, 0.1) is 5.41 Å². The summed E-state index contributed by atoms with van der Waals surface area (Å²) in [4.78, 5) is 11.2. The maximum absolute atomic E-state index is 11.2. The van der Waals surface area contributed by atoms with Crippen molar-refractivity contribution in [2.24, 2.45) is 5.41 Å². The van der Waals surface area contributed by atoms with Gasteiger partial charge in [0.1, 0.15) is 0 Å². The first-order valence-electron chi connectivity index (χ1n) is 6.44. The van der Waals surface area contributed by atoms with E-state index in [1.54, 1.807) is 7.05 Å². The van der Waals surface area contributed by atoms with E-state index in [0.29, 0.717) is 11.8 Å². The van der Waals surface area contributed by atoms with Crippen molar-refractivity contribution in [3.05, 3.63) is 29.8 Å². The Bertz CT molecular complexity index is 376. The van der Waals surface area contributed by atoms with Crippen molar-refractivity contribution in [2.45, 2.75) is 33.6 Å². The molecule has 1 amide bonds. The third kappa shape index (κ3) is 5.71. The van der Waals surface area contributed by atoms with Crippen LogP contribution < -0.4 is 10.6 Å². The number of rotatable bonds is 5. The van der Waals surface area contributed by atoms with Gasteiger partial charge >= 0.3 is 0 Å². The lowest BCUT2D eigenvalue weighted by Crippen LogP contribution is -2.19. The minimum Gasteiger partial charge on any atom is -0.385 e. The van der Waals surface area contributed by atoms with E-state index in [9.17, 15) is 4.79 Å². The largest absolute Gasteiger partial charge is 0.385 e. The summed E-state index contributed by atoms with van der Waals surface area (Å²) in [7, 11) is 1.66. The molecule has 0 heterocycles. The van der Waals surface area contributed by atoms with E-state index in [-0.39, 0.29) is 5.91 Å². The second kappa shape index (κ2) is 6.43. The van der Waals surface area contributed by atoms with Crippen LogP contribution in [0.3, 0.4) is 0 Å². The van der Waals surface area contributed by atoms with Gasteiger partial charge in [0.15, 0.2) is 0 Å². The standard InChI is InChI=1S/C15H24N2O/c1-15(2,3)9-10-17-13-7-5-12(6-8-13)11-14(18)16-4/h5-8,17H,9-11H2,1-4H3,(H,16,18). The summed E-state index contributed by atoms with van der Waals surface area (Å²) in [5, 5.41) is 6.02. The summed E-state index contributed by atoms with van der Waals surface area (Å²) in [6, 6.07) is 8.05. The van der Waals surface area contributed by atoms with Gasteiger partial charge in [-0.2, -0.15) is 0 Å². The normalized spacial score (nSPS) is 11.1. The molecule has 100 valence electrons. The lowest BCUT2D eigenvalue weighted by Gasteiger charge is -2.18. The Morgan fingerprint density at radius 2 is 1.78 bits per heavy atom. The molecule has 0 saturated heterocycles. The van der Waals surface area contributed by atoms with Gasteiger partial charge in [0.25, 0.3) is 0 Å². The second-order valence-corrected chi connectivity index (χ2v) is 5.78. The molecule has 0 aliphatic rings. The molecule has 3 nitrogen and oxygen atoms in total. The van der Waals surface area contributed by atoms with Crippen LogP contribution in [0.1, 0.15) is 32.8 Å². The zero-order chi connectivity index (χ0) is 13.6. The first kappa shape index (κ1) is 14.6. The Hall–Kier alpha value is -1.51. The number of carbonyl (C=O) groups is 1. The Morgan fingerprint density at radius 3 is 2.28 bits per heavy atom. The van der Waals surface area contributed by atoms with E-state index in [1.807, 2.05) is 24.3 Å². The second-order valence-electron chi connectivity index (χ2n) is 5.78. The molecular weight excluding hydrogens is 224 g/mol. The molecular formula is C15H24N2O. The fourth-order valence-corrected chi connectivity index (χ4v) is 1.60. The SMILES string of the molecule is CNC(=O)Cc1ccc(NCCC(C)(C)C)cc1. The third-order valence-corrected chi connectivity index (χ3v) is 2.80. The number of nitrogens with one attached hydrogen (secondary N) is 2. The van der Waals surface area contributed by atoms with Gasteiger partial charge in [0, 0.05) is 19.3 Å². The highest BCUT2D eigenvalue weighted by atomic mass is 16.1. The molecule has 0 unspecified atom stereocenters. The van der Waals surface area contributed by atoms with Crippen LogP contribution in [-0.2, 0) is 11.2 Å². The topological polar surface area (TPSA) is 41.1 Å². The lowest BCUT2D eigenvalue weighted by molar-refractivity contribution is -0.119. The molecule has 0 saturated carbocycles. The first-order chi connectivity index (χ1) is 8.40. The van der Waals surface area contributed by atoms with Gasteiger partial charge in [-0.3, -0.25) is 4.79 Å². The minimum absolute atomic E-state index is 0.0449. The zero-order valence-electron chi connectivity index (χ0n) is 11.8. The molecule has 1 aromatic carbocycles. The van der Waals surface area contributed by atoms with E-state index in [0.717, 1.165) is 24.2 Å². The highest BCUT2D eigenvalue weighted by Crippen LogP contribution is 2.18. The minimum atomic E-state index is 0.0449. The maximum atomic E-state index is 11.2. The molecule has 0 aliphatic carbocycles. The molecule has 3 heteroatoms. The Morgan fingerprint density at radius 1 is 1.17 bits per heavy atom. The van der Waals surface area contributed by atoms with E-state index < -0.39 is 0 Å². The Labute approximate surface area is 110 Å².